The van der Waals surface area contributed by atoms with E-state index in [1.54, 1.807) is 0 Å². The number of ether oxygens (including phenoxy) is 1. The van der Waals surface area contributed by atoms with Crippen LogP contribution < -0.4 is 10.1 Å². The third-order valence-corrected chi connectivity index (χ3v) is 8.15. The average molecular weight is 487 g/mol. The van der Waals surface area contributed by atoms with Crippen molar-refractivity contribution in [1.82, 2.24) is 10.2 Å². The van der Waals surface area contributed by atoms with Crippen LogP contribution in [-0.2, 0) is 13.0 Å². The summed E-state index contributed by atoms with van der Waals surface area (Å²) in [5, 5.41) is 3.49. The highest BCUT2D eigenvalue weighted by molar-refractivity contribution is 5.82. The van der Waals surface area contributed by atoms with Gasteiger partial charge in [-0.1, -0.05) is 42.5 Å². The highest BCUT2D eigenvalue weighted by Crippen LogP contribution is 2.38. The molecule has 0 unspecified atom stereocenters. The lowest BCUT2D eigenvalue weighted by Crippen LogP contribution is -2.35. The van der Waals surface area contributed by atoms with Crippen molar-refractivity contribution in [3.63, 3.8) is 0 Å². The molecule has 0 spiro atoms. The topological polar surface area (TPSA) is 24.5 Å². The molecule has 0 radical (unpaired) electrons. The van der Waals surface area contributed by atoms with Crippen molar-refractivity contribution in [3.8, 4) is 28.0 Å². The number of nitrogens with zero attached hydrogens (tertiary/aromatic N) is 1. The number of piperidine rings is 1. The molecule has 3 nitrogen and oxygen atoms in total. The summed E-state index contributed by atoms with van der Waals surface area (Å²) in [6.07, 6.45) is 2.78. The zero-order valence-corrected chi connectivity index (χ0v) is 22.0. The molecule has 3 aromatic rings. The number of halogens is 1. The Bertz CT molecular complexity index is 1210. The van der Waals surface area contributed by atoms with E-state index in [1.165, 1.54) is 50.1 Å². The molecule has 0 saturated carbocycles. The Morgan fingerprint density at radius 1 is 0.861 bits per heavy atom. The molecule has 1 saturated heterocycles. The molecule has 5 rings (SSSR count). The minimum atomic E-state index is -0.613. The molecule has 1 N–H and O–H groups in total. The van der Waals surface area contributed by atoms with E-state index in [-0.39, 0.29) is 0 Å². The van der Waals surface area contributed by atoms with E-state index in [9.17, 15) is 4.39 Å². The Kier molecular flexibility index (Phi) is 7.73. The van der Waals surface area contributed by atoms with Crippen molar-refractivity contribution in [2.45, 2.75) is 59.2 Å². The molecule has 0 bridgehead atoms. The molecule has 3 aromatic carbocycles. The predicted molar refractivity (Wildman–Crippen MR) is 148 cm³/mol. The van der Waals surface area contributed by atoms with Gasteiger partial charge < -0.3 is 15.0 Å². The van der Waals surface area contributed by atoms with Gasteiger partial charge in [0.2, 0.25) is 0 Å². The van der Waals surface area contributed by atoms with Crippen LogP contribution in [0.15, 0.2) is 48.5 Å². The largest absolute Gasteiger partial charge is 0.493 e. The van der Waals surface area contributed by atoms with Crippen molar-refractivity contribution in [1.29, 1.82) is 0 Å². The number of nitrogens with one attached hydrogen (secondary N) is 1. The second-order valence-electron chi connectivity index (χ2n) is 10.4. The number of alkyl halides is 1. The normalized spacial score (nSPS) is 16.7. The Labute approximate surface area is 215 Å². The standard InChI is InChI=1S/C32H39FN2O/c1-22-27-13-16-34-21-25(27)11-12-31(22)29-8-4-7-28(23(29)2)30-9-5-10-32(24(30)3)36-20-6-17-35-18-14-26(33)15-19-35/h4-5,7-12,26,34H,6,13-21H2,1-3H3. The van der Waals surface area contributed by atoms with Gasteiger partial charge >= 0.3 is 0 Å². The highest BCUT2D eigenvalue weighted by atomic mass is 19.1. The highest BCUT2D eigenvalue weighted by Gasteiger charge is 2.19. The number of hydrogen-bond acceptors (Lipinski definition) is 3. The number of fused-ring (bicyclic) bond motifs is 1. The van der Waals surface area contributed by atoms with Crippen molar-refractivity contribution in [3.05, 3.63) is 76.3 Å². The Balaban J connectivity index is 1.34. The van der Waals surface area contributed by atoms with Gasteiger partial charge in [-0.3, -0.25) is 0 Å². The number of rotatable bonds is 7. The minimum Gasteiger partial charge on any atom is -0.493 e. The van der Waals surface area contributed by atoms with Gasteiger partial charge in [0.1, 0.15) is 11.9 Å². The lowest BCUT2D eigenvalue weighted by molar-refractivity contribution is 0.143. The third kappa shape index (κ3) is 5.21. The van der Waals surface area contributed by atoms with Gasteiger partial charge in [-0.15, -0.1) is 0 Å². The fourth-order valence-corrected chi connectivity index (χ4v) is 5.93. The first-order valence-electron chi connectivity index (χ1n) is 13.5. The zero-order chi connectivity index (χ0) is 25.1. The predicted octanol–water partition coefficient (Wildman–Crippen LogP) is 6.79. The van der Waals surface area contributed by atoms with Gasteiger partial charge in [-0.2, -0.15) is 0 Å². The molecule has 190 valence electrons. The Morgan fingerprint density at radius 3 is 2.28 bits per heavy atom. The van der Waals surface area contributed by atoms with E-state index in [4.69, 9.17) is 4.74 Å². The van der Waals surface area contributed by atoms with Crippen LogP contribution in [0.3, 0.4) is 0 Å². The maximum absolute atomic E-state index is 13.4. The quantitative estimate of drug-likeness (QED) is 0.372. The molecule has 2 aliphatic rings. The fourth-order valence-electron chi connectivity index (χ4n) is 5.93. The van der Waals surface area contributed by atoms with Crippen LogP contribution in [0, 0.1) is 20.8 Å². The SMILES string of the molecule is Cc1c(OCCCN2CCC(F)CC2)cccc1-c1cccc(-c2ccc3c(c2C)CCNC3)c1C. The summed E-state index contributed by atoms with van der Waals surface area (Å²) in [6, 6.07) is 17.7. The molecule has 2 heterocycles. The Morgan fingerprint density at radius 2 is 1.53 bits per heavy atom. The molecule has 1 fully saturated rings. The first-order valence-corrected chi connectivity index (χ1v) is 13.5. The van der Waals surface area contributed by atoms with E-state index >= 15 is 0 Å². The number of benzene rings is 3. The molecule has 36 heavy (non-hydrogen) atoms. The Hall–Kier alpha value is -2.69. The second-order valence-corrected chi connectivity index (χ2v) is 10.4. The maximum atomic E-state index is 13.4. The smallest absolute Gasteiger partial charge is 0.122 e. The van der Waals surface area contributed by atoms with Crippen LogP contribution in [-0.4, -0.2) is 43.9 Å². The van der Waals surface area contributed by atoms with Gasteiger partial charge in [0, 0.05) is 26.2 Å². The summed E-state index contributed by atoms with van der Waals surface area (Å²) < 4.78 is 19.6. The van der Waals surface area contributed by atoms with Gasteiger partial charge in [0.15, 0.2) is 0 Å². The monoisotopic (exact) mass is 486 g/mol. The van der Waals surface area contributed by atoms with Gasteiger partial charge in [-0.25, -0.2) is 4.39 Å². The van der Waals surface area contributed by atoms with Crippen LogP contribution in [0.2, 0.25) is 0 Å². The summed E-state index contributed by atoms with van der Waals surface area (Å²) in [4.78, 5) is 2.36. The van der Waals surface area contributed by atoms with Crippen LogP contribution in [0.4, 0.5) is 4.39 Å². The number of likely N-dealkylation sites (tertiary alicyclic amines) is 1. The first kappa shape index (κ1) is 25.0. The fraction of sp³-hybridized carbons (Fsp3) is 0.438. The van der Waals surface area contributed by atoms with Gasteiger partial charge in [0.05, 0.1) is 6.61 Å². The molecule has 0 aliphatic carbocycles. The molecule has 2 aliphatic heterocycles. The van der Waals surface area contributed by atoms with Crippen LogP contribution in [0.25, 0.3) is 22.3 Å². The molecule has 0 amide bonds. The van der Waals surface area contributed by atoms with E-state index in [1.807, 2.05) is 0 Å². The summed E-state index contributed by atoms with van der Waals surface area (Å²) in [5.74, 6) is 0.956. The maximum Gasteiger partial charge on any atom is 0.122 e. The molecular weight excluding hydrogens is 447 g/mol. The molecular formula is C32H39FN2O. The van der Waals surface area contributed by atoms with Crippen LogP contribution in [0.1, 0.15) is 47.1 Å². The minimum absolute atomic E-state index is 0.613. The summed E-state index contributed by atoms with van der Waals surface area (Å²) in [6.45, 7) is 12.1. The molecule has 0 aromatic heterocycles. The van der Waals surface area contributed by atoms with Crippen LogP contribution in [0.5, 0.6) is 5.75 Å². The molecule has 4 heteroatoms. The van der Waals surface area contributed by atoms with Crippen molar-refractivity contribution in [2.24, 2.45) is 0 Å². The second kappa shape index (κ2) is 11.1. The summed E-state index contributed by atoms with van der Waals surface area (Å²) >= 11 is 0. The van der Waals surface area contributed by atoms with Crippen molar-refractivity contribution >= 4 is 0 Å². The first-order chi connectivity index (χ1) is 17.5. The van der Waals surface area contributed by atoms with Gasteiger partial charge in [-0.05, 0) is 109 Å². The van der Waals surface area contributed by atoms with Crippen molar-refractivity contribution < 1.29 is 9.13 Å². The summed E-state index contributed by atoms with van der Waals surface area (Å²) in [5.41, 5.74) is 12.0. The van der Waals surface area contributed by atoms with Gasteiger partial charge in [0.25, 0.3) is 0 Å². The lowest BCUT2D eigenvalue weighted by atomic mass is 9.86. The zero-order valence-electron chi connectivity index (χ0n) is 22.0. The molecule has 0 atom stereocenters. The van der Waals surface area contributed by atoms with E-state index in [0.717, 1.165) is 51.3 Å². The van der Waals surface area contributed by atoms with E-state index < -0.39 is 6.17 Å². The van der Waals surface area contributed by atoms with E-state index in [2.05, 4.69) is 79.5 Å². The van der Waals surface area contributed by atoms with E-state index in [0.29, 0.717) is 19.4 Å². The summed E-state index contributed by atoms with van der Waals surface area (Å²) in [7, 11) is 0. The average Bonchev–Trinajstić information content (AvgIpc) is 2.90. The number of hydrogen-bond donors (Lipinski definition) is 1. The third-order valence-electron chi connectivity index (χ3n) is 8.15. The van der Waals surface area contributed by atoms with Crippen molar-refractivity contribution in [2.75, 3.05) is 32.8 Å². The lowest BCUT2D eigenvalue weighted by Gasteiger charge is -2.28. The van der Waals surface area contributed by atoms with Crippen LogP contribution >= 0.6 is 0 Å².